The first-order valence-electron chi connectivity index (χ1n) is 8.80. The number of aromatic nitrogens is 4. The van der Waals surface area contributed by atoms with Gasteiger partial charge in [-0.15, -0.1) is 5.10 Å². The fourth-order valence-corrected chi connectivity index (χ4v) is 4.19. The maximum absolute atomic E-state index is 13.2. The number of tetrazole rings is 1. The third-order valence-electron chi connectivity index (χ3n) is 4.50. The van der Waals surface area contributed by atoms with Gasteiger partial charge in [0.2, 0.25) is 11.1 Å². The van der Waals surface area contributed by atoms with Gasteiger partial charge in [0.05, 0.1) is 5.69 Å². The van der Waals surface area contributed by atoms with Crippen molar-refractivity contribution in [3.05, 3.63) is 60.2 Å². The van der Waals surface area contributed by atoms with Crippen molar-refractivity contribution < 1.29 is 9.90 Å². The SMILES string of the molecule is O=C([C@@H](Sc1nnnn1-c1ccc(O)cc1)c1ccccc1)N1CCCC1. The number of carbonyl (C=O) groups is 1. The molecule has 27 heavy (non-hydrogen) atoms. The standard InChI is InChI=1S/C19H19N5O2S/c25-16-10-8-15(9-11-16)24-19(20-21-22-24)27-17(14-6-2-1-3-7-14)18(26)23-12-4-5-13-23/h1-3,6-11,17,25H,4-5,12-13H2/t17-/m0/s1. The number of amides is 1. The Morgan fingerprint density at radius 1 is 1.04 bits per heavy atom. The molecule has 0 saturated carbocycles. The summed E-state index contributed by atoms with van der Waals surface area (Å²) in [6.45, 7) is 1.59. The number of rotatable bonds is 5. The third kappa shape index (κ3) is 3.80. The van der Waals surface area contributed by atoms with E-state index in [9.17, 15) is 9.90 Å². The predicted octanol–water partition coefficient (Wildman–Crippen LogP) is 2.82. The van der Waals surface area contributed by atoms with Gasteiger partial charge in [-0.05, 0) is 53.1 Å². The number of thioether (sulfide) groups is 1. The van der Waals surface area contributed by atoms with Gasteiger partial charge in [0.1, 0.15) is 11.0 Å². The minimum atomic E-state index is -0.411. The lowest BCUT2D eigenvalue weighted by atomic mass is 10.1. The second-order valence-corrected chi connectivity index (χ2v) is 7.40. The van der Waals surface area contributed by atoms with Gasteiger partial charge in [0.15, 0.2) is 0 Å². The van der Waals surface area contributed by atoms with Crippen LogP contribution in [0.4, 0.5) is 0 Å². The molecule has 1 amide bonds. The zero-order chi connectivity index (χ0) is 18.6. The lowest BCUT2D eigenvalue weighted by Gasteiger charge is -2.22. The summed E-state index contributed by atoms with van der Waals surface area (Å²) in [6, 6.07) is 16.3. The molecule has 138 valence electrons. The number of aromatic hydroxyl groups is 1. The van der Waals surface area contributed by atoms with E-state index in [0.717, 1.165) is 37.2 Å². The topological polar surface area (TPSA) is 84.1 Å². The number of nitrogens with zero attached hydrogens (tertiary/aromatic N) is 5. The van der Waals surface area contributed by atoms with E-state index in [4.69, 9.17) is 0 Å². The van der Waals surface area contributed by atoms with Gasteiger partial charge in [0.25, 0.3) is 0 Å². The number of carbonyl (C=O) groups excluding carboxylic acids is 1. The molecular formula is C19H19N5O2S. The van der Waals surface area contributed by atoms with Crippen LogP contribution in [0, 0.1) is 0 Å². The molecule has 0 spiro atoms. The number of likely N-dealkylation sites (tertiary alicyclic amines) is 1. The maximum atomic E-state index is 13.2. The summed E-state index contributed by atoms with van der Waals surface area (Å²) in [5, 5.41) is 21.6. The van der Waals surface area contributed by atoms with E-state index in [2.05, 4.69) is 15.5 Å². The Morgan fingerprint density at radius 3 is 2.44 bits per heavy atom. The Hall–Kier alpha value is -2.87. The van der Waals surface area contributed by atoms with Gasteiger partial charge < -0.3 is 10.0 Å². The van der Waals surface area contributed by atoms with Crippen LogP contribution in [0.1, 0.15) is 23.7 Å². The minimum Gasteiger partial charge on any atom is -0.508 e. The van der Waals surface area contributed by atoms with E-state index in [-0.39, 0.29) is 11.7 Å². The molecule has 1 fully saturated rings. The zero-order valence-corrected chi connectivity index (χ0v) is 15.4. The van der Waals surface area contributed by atoms with Crippen molar-refractivity contribution >= 4 is 17.7 Å². The van der Waals surface area contributed by atoms with E-state index in [1.165, 1.54) is 11.8 Å². The van der Waals surface area contributed by atoms with Gasteiger partial charge in [-0.1, -0.05) is 42.1 Å². The maximum Gasteiger partial charge on any atom is 0.240 e. The lowest BCUT2D eigenvalue weighted by molar-refractivity contribution is -0.129. The predicted molar refractivity (Wildman–Crippen MR) is 102 cm³/mol. The molecule has 4 rings (SSSR count). The van der Waals surface area contributed by atoms with Crippen LogP contribution in [0.2, 0.25) is 0 Å². The number of hydrogen-bond acceptors (Lipinski definition) is 6. The molecule has 0 aliphatic carbocycles. The molecular weight excluding hydrogens is 362 g/mol. The summed E-state index contributed by atoms with van der Waals surface area (Å²) < 4.78 is 1.58. The van der Waals surface area contributed by atoms with E-state index >= 15 is 0 Å². The highest BCUT2D eigenvalue weighted by molar-refractivity contribution is 8.00. The molecule has 1 aliphatic rings. The highest BCUT2D eigenvalue weighted by atomic mass is 32.2. The van der Waals surface area contributed by atoms with Gasteiger partial charge in [-0.25, -0.2) is 0 Å². The van der Waals surface area contributed by atoms with Gasteiger partial charge in [-0.2, -0.15) is 4.68 Å². The fourth-order valence-electron chi connectivity index (χ4n) is 3.11. The number of phenols is 1. The Bertz CT molecular complexity index is 907. The summed E-state index contributed by atoms with van der Waals surface area (Å²) in [4.78, 5) is 15.1. The largest absolute Gasteiger partial charge is 0.508 e. The van der Waals surface area contributed by atoms with Crippen molar-refractivity contribution in [2.45, 2.75) is 23.2 Å². The second-order valence-electron chi connectivity index (χ2n) is 6.33. The first kappa shape index (κ1) is 17.5. The van der Waals surface area contributed by atoms with Gasteiger partial charge >= 0.3 is 0 Å². The molecule has 0 radical (unpaired) electrons. The van der Waals surface area contributed by atoms with Crippen LogP contribution in [0.3, 0.4) is 0 Å². The first-order chi connectivity index (χ1) is 13.2. The van der Waals surface area contributed by atoms with Crippen LogP contribution in [0.15, 0.2) is 59.8 Å². The highest BCUT2D eigenvalue weighted by Gasteiger charge is 2.30. The summed E-state index contributed by atoms with van der Waals surface area (Å²) >= 11 is 1.34. The van der Waals surface area contributed by atoms with E-state index in [1.54, 1.807) is 28.9 Å². The molecule has 2 aromatic carbocycles. The number of phenolic OH excluding ortho intramolecular Hbond substituents is 1. The summed E-state index contributed by atoms with van der Waals surface area (Å²) in [7, 11) is 0. The molecule has 2 heterocycles. The Kier molecular flexibility index (Phi) is 5.06. The van der Waals surface area contributed by atoms with E-state index in [0.29, 0.717) is 5.16 Å². The Morgan fingerprint density at radius 2 is 1.74 bits per heavy atom. The van der Waals surface area contributed by atoms with Crippen molar-refractivity contribution in [1.29, 1.82) is 0 Å². The van der Waals surface area contributed by atoms with Gasteiger partial charge in [0, 0.05) is 13.1 Å². The Labute approximate surface area is 161 Å². The van der Waals surface area contributed by atoms with Crippen molar-refractivity contribution in [2.75, 3.05) is 13.1 Å². The van der Waals surface area contributed by atoms with Gasteiger partial charge in [-0.3, -0.25) is 4.79 Å². The molecule has 0 unspecified atom stereocenters. The van der Waals surface area contributed by atoms with Crippen LogP contribution in [-0.2, 0) is 4.79 Å². The molecule has 1 aromatic heterocycles. The Balaban J connectivity index is 1.65. The van der Waals surface area contributed by atoms with Crippen molar-refractivity contribution in [3.63, 3.8) is 0 Å². The van der Waals surface area contributed by atoms with Crippen LogP contribution >= 0.6 is 11.8 Å². The molecule has 1 saturated heterocycles. The minimum absolute atomic E-state index is 0.0870. The smallest absolute Gasteiger partial charge is 0.240 e. The molecule has 3 aromatic rings. The normalized spacial score (nSPS) is 15.0. The number of benzene rings is 2. The quantitative estimate of drug-likeness (QED) is 0.684. The monoisotopic (exact) mass is 381 g/mol. The average molecular weight is 381 g/mol. The molecule has 0 bridgehead atoms. The summed E-state index contributed by atoms with van der Waals surface area (Å²) in [5.41, 5.74) is 1.65. The molecule has 1 atom stereocenters. The van der Waals surface area contributed by atoms with Crippen LogP contribution < -0.4 is 0 Å². The highest BCUT2D eigenvalue weighted by Crippen LogP contribution is 2.37. The average Bonchev–Trinajstić information content (AvgIpc) is 3.39. The third-order valence-corrected chi connectivity index (χ3v) is 5.68. The molecule has 7 nitrogen and oxygen atoms in total. The second kappa shape index (κ2) is 7.79. The zero-order valence-electron chi connectivity index (χ0n) is 14.6. The van der Waals surface area contributed by atoms with E-state index < -0.39 is 5.25 Å². The first-order valence-corrected chi connectivity index (χ1v) is 9.68. The number of hydrogen-bond donors (Lipinski definition) is 1. The lowest BCUT2D eigenvalue weighted by Crippen LogP contribution is -2.31. The van der Waals surface area contributed by atoms with Crippen LogP contribution in [0.25, 0.3) is 5.69 Å². The van der Waals surface area contributed by atoms with Crippen molar-refractivity contribution in [1.82, 2.24) is 25.1 Å². The van der Waals surface area contributed by atoms with E-state index in [1.807, 2.05) is 35.2 Å². The van der Waals surface area contributed by atoms with Crippen LogP contribution in [-0.4, -0.2) is 49.2 Å². The summed E-state index contributed by atoms with van der Waals surface area (Å²) in [6.07, 6.45) is 2.09. The molecule has 1 aliphatic heterocycles. The molecule has 1 N–H and O–H groups in total. The van der Waals surface area contributed by atoms with Crippen molar-refractivity contribution in [2.24, 2.45) is 0 Å². The van der Waals surface area contributed by atoms with Crippen LogP contribution in [0.5, 0.6) is 5.75 Å². The van der Waals surface area contributed by atoms with Crippen molar-refractivity contribution in [3.8, 4) is 11.4 Å². The summed E-state index contributed by atoms with van der Waals surface area (Å²) in [5.74, 6) is 0.261. The molecule has 8 heteroatoms. The fraction of sp³-hybridized carbons (Fsp3) is 0.263.